The fourth-order valence-electron chi connectivity index (χ4n) is 5.10. The predicted octanol–water partition coefficient (Wildman–Crippen LogP) is 2.84. The van der Waals surface area contributed by atoms with Gasteiger partial charge in [-0.2, -0.15) is 0 Å². The Labute approximate surface area is 219 Å². The van der Waals surface area contributed by atoms with Gasteiger partial charge in [0.2, 0.25) is 5.78 Å². The first-order valence-electron chi connectivity index (χ1n) is 12.5. The molecule has 0 radical (unpaired) electrons. The van der Waals surface area contributed by atoms with E-state index in [2.05, 4.69) is 4.90 Å². The van der Waals surface area contributed by atoms with Crippen molar-refractivity contribution in [2.24, 2.45) is 0 Å². The van der Waals surface area contributed by atoms with Gasteiger partial charge in [-0.25, -0.2) is 0 Å². The third kappa shape index (κ3) is 4.57. The number of methoxy groups -OCH3 is 1. The Morgan fingerprint density at radius 3 is 2.58 bits per heavy atom. The van der Waals surface area contributed by atoms with E-state index in [1.54, 1.807) is 21.2 Å². The first-order chi connectivity index (χ1) is 18.2. The number of allylic oxidation sites excluding steroid dienone is 1. The maximum atomic E-state index is 13.6. The van der Waals surface area contributed by atoms with Crippen LogP contribution in [0.1, 0.15) is 39.3 Å². The van der Waals surface area contributed by atoms with Gasteiger partial charge >= 0.3 is 0 Å². The molecule has 1 fully saturated rings. The summed E-state index contributed by atoms with van der Waals surface area (Å²) >= 11 is 0. The molecule has 38 heavy (non-hydrogen) atoms. The van der Waals surface area contributed by atoms with E-state index in [1.165, 1.54) is 17.0 Å². The third-order valence-electron chi connectivity index (χ3n) is 7.13. The number of hydrogen-bond donors (Lipinski definition) is 3. The molecule has 1 amide bonds. The molecule has 2 aliphatic rings. The fraction of sp³-hybridized carbons (Fsp3) is 0.357. The zero-order valence-electron chi connectivity index (χ0n) is 21.6. The molecule has 10 heteroatoms. The average Bonchev–Trinajstić information content (AvgIpc) is 3.36. The number of ether oxygens (including phenoxy) is 2. The van der Waals surface area contributed by atoms with Crippen LogP contribution in [0.2, 0.25) is 0 Å². The van der Waals surface area contributed by atoms with Crippen molar-refractivity contribution in [3.8, 4) is 23.0 Å². The van der Waals surface area contributed by atoms with Crippen molar-refractivity contribution < 1.29 is 34.4 Å². The smallest absolute Gasteiger partial charge is 0.270 e. The minimum absolute atomic E-state index is 0.0388. The van der Waals surface area contributed by atoms with E-state index in [4.69, 9.17) is 9.47 Å². The van der Waals surface area contributed by atoms with Gasteiger partial charge in [-0.15, -0.1) is 0 Å². The van der Waals surface area contributed by atoms with Gasteiger partial charge in [0.15, 0.2) is 5.76 Å². The normalized spacial score (nSPS) is 17.2. The molecule has 200 valence electrons. The van der Waals surface area contributed by atoms with Crippen LogP contribution in [0.3, 0.4) is 0 Å². The number of aromatic hydroxyl groups is 2. The van der Waals surface area contributed by atoms with Crippen molar-refractivity contribution in [3.63, 3.8) is 0 Å². The molecule has 0 aliphatic carbocycles. The second-order valence-electron chi connectivity index (χ2n) is 9.85. The molecular weight excluding hydrogens is 490 g/mol. The Morgan fingerprint density at radius 2 is 1.89 bits per heavy atom. The van der Waals surface area contributed by atoms with Crippen molar-refractivity contribution in [2.75, 3.05) is 40.8 Å². The number of Topliss-reactive ketones (excluding diaryl/α,β-unsaturated/α-hetero) is 1. The number of aliphatic hydroxyl groups is 1. The van der Waals surface area contributed by atoms with E-state index in [9.17, 15) is 24.9 Å². The third-order valence-corrected chi connectivity index (χ3v) is 7.13. The minimum atomic E-state index is -0.545. The van der Waals surface area contributed by atoms with E-state index >= 15 is 0 Å². The molecule has 0 unspecified atom stereocenters. The molecule has 2 aliphatic heterocycles. The van der Waals surface area contributed by atoms with Gasteiger partial charge in [-0.05, 0) is 37.1 Å². The summed E-state index contributed by atoms with van der Waals surface area (Å²) in [5.74, 6) is -0.832. The Bertz CT molecular complexity index is 1450. The highest BCUT2D eigenvalue weighted by molar-refractivity contribution is 6.18. The zero-order valence-corrected chi connectivity index (χ0v) is 21.6. The highest BCUT2D eigenvalue weighted by Crippen LogP contribution is 2.41. The lowest BCUT2D eigenvalue weighted by Crippen LogP contribution is -2.38. The van der Waals surface area contributed by atoms with E-state index in [0.717, 1.165) is 24.7 Å². The number of piperidine rings is 1. The van der Waals surface area contributed by atoms with E-state index < -0.39 is 5.78 Å². The van der Waals surface area contributed by atoms with Crippen LogP contribution in [0.25, 0.3) is 17.0 Å². The summed E-state index contributed by atoms with van der Waals surface area (Å²) in [5.41, 5.74) is 1.64. The van der Waals surface area contributed by atoms with Gasteiger partial charge in [0.05, 0.1) is 13.2 Å². The number of aliphatic hydroxyl groups excluding tert-OH is 1. The monoisotopic (exact) mass is 521 g/mol. The van der Waals surface area contributed by atoms with Gasteiger partial charge in [0.25, 0.3) is 5.91 Å². The Hall–Kier alpha value is -4.02. The predicted molar refractivity (Wildman–Crippen MR) is 141 cm³/mol. The lowest BCUT2D eigenvalue weighted by atomic mass is 10.1. The first-order valence-corrected chi connectivity index (χ1v) is 12.5. The quantitative estimate of drug-likeness (QED) is 0.423. The lowest BCUT2D eigenvalue weighted by Gasteiger charge is -2.29. The first kappa shape index (κ1) is 25.6. The highest BCUT2D eigenvalue weighted by atomic mass is 16.5. The molecule has 3 heterocycles. The maximum Gasteiger partial charge on any atom is 0.270 e. The number of carbonyl (C=O) groups excluding carboxylic acids is 2. The van der Waals surface area contributed by atoms with E-state index in [-0.39, 0.29) is 40.6 Å². The Kier molecular flexibility index (Phi) is 6.77. The molecule has 0 saturated carbocycles. The average molecular weight is 522 g/mol. The molecule has 2 aromatic carbocycles. The summed E-state index contributed by atoms with van der Waals surface area (Å²) in [6, 6.07) is 7.88. The number of rotatable bonds is 6. The summed E-state index contributed by atoms with van der Waals surface area (Å²) in [6.45, 7) is 2.75. The zero-order chi connectivity index (χ0) is 27.1. The molecule has 5 rings (SSSR count). The van der Waals surface area contributed by atoms with Gasteiger partial charge in [0.1, 0.15) is 34.3 Å². The number of phenols is 2. The minimum Gasteiger partial charge on any atom is -0.508 e. The summed E-state index contributed by atoms with van der Waals surface area (Å²) in [4.78, 5) is 30.5. The standard InChI is InChI=1S/C28H31N3O7/c1-29(2)28(36)26-20(15-24-27(35)25-22(34)12-17(33)13-23(25)38-24)19-14-18(37-3)4-5-21(19)31(26)11-10-30-8-6-16(32)7-9-30/h4-5,12-16,32-34H,6-11H2,1-3H3/b24-15-. The molecule has 1 saturated heterocycles. The van der Waals surface area contributed by atoms with Gasteiger partial charge in [-0.1, -0.05) is 0 Å². The number of benzene rings is 2. The largest absolute Gasteiger partial charge is 0.508 e. The maximum absolute atomic E-state index is 13.6. The van der Waals surface area contributed by atoms with Crippen molar-refractivity contribution in [3.05, 3.63) is 52.9 Å². The number of amides is 1. The SMILES string of the molecule is COc1ccc2c(c1)c(/C=C1\Oc3cc(O)cc(O)c3C1=O)c(C(=O)N(C)C)n2CCN1CCC(O)CC1. The topological polar surface area (TPSA) is 125 Å². The fourth-order valence-corrected chi connectivity index (χ4v) is 5.10. The molecule has 3 aromatic rings. The van der Waals surface area contributed by atoms with Crippen molar-refractivity contribution in [1.29, 1.82) is 0 Å². The molecule has 1 aromatic heterocycles. The molecule has 10 nitrogen and oxygen atoms in total. The number of likely N-dealkylation sites (tertiary alicyclic amines) is 1. The van der Waals surface area contributed by atoms with Crippen LogP contribution in [0, 0.1) is 0 Å². The van der Waals surface area contributed by atoms with E-state index in [1.807, 2.05) is 22.8 Å². The second-order valence-corrected chi connectivity index (χ2v) is 9.85. The van der Waals surface area contributed by atoms with Crippen LogP contribution in [0.15, 0.2) is 36.1 Å². The van der Waals surface area contributed by atoms with Crippen LogP contribution >= 0.6 is 0 Å². The lowest BCUT2D eigenvalue weighted by molar-refractivity contribution is 0.0791. The number of hydrogen-bond acceptors (Lipinski definition) is 8. The van der Waals surface area contributed by atoms with Crippen LogP contribution in [0.4, 0.5) is 0 Å². The number of ketones is 1. The van der Waals surface area contributed by atoms with Crippen LogP contribution in [-0.2, 0) is 6.54 Å². The highest BCUT2D eigenvalue weighted by Gasteiger charge is 2.33. The van der Waals surface area contributed by atoms with Gasteiger partial charge in [-0.3, -0.25) is 9.59 Å². The van der Waals surface area contributed by atoms with Gasteiger partial charge < -0.3 is 39.2 Å². The molecule has 0 spiro atoms. The van der Waals surface area contributed by atoms with Crippen molar-refractivity contribution in [1.82, 2.24) is 14.4 Å². The summed E-state index contributed by atoms with van der Waals surface area (Å²) < 4.78 is 13.2. The molecule has 3 N–H and O–H groups in total. The molecule has 0 atom stereocenters. The summed E-state index contributed by atoms with van der Waals surface area (Å²) in [6.07, 6.45) is 2.68. The number of aromatic nitrogens is 1. The number of phenolic OH excluding ortho intramolecular Hbond substituents is 2. The molecular formula is C28H31N3O7. The van der Waals surface area contributed by atoms with E-state index in [0.29, 0.717) is 48.3 Å². The summed E-state index contributed by atoms with van der Waals surface area (Å²) in [5, 5.41) is 30.7. The number of nitrogens with zero attached hydrogens (tertiary/aromatic N) is 3. The van der Waals surface area contributed by atoms with Crippen LogP contribution in [-0.4, -0.2) is 88.3 Å². The number of fused-ring (bicyclic) bond motifs is 2. The van der Waals surface area contributed by atoms with Gasteiger partial charge in [0, 0.05) is 68.9 Å². The Balaban J connectivity index is 1.64. The molecule has 0 bridgehead atoms. The van der Waals surface area contributed by atoms with Crippen molar-refractivity contribution in [2.45, 2.75) is 25.5 Å². The summed E-state index contributed by atoms with van der Waals surface area (Å²) in [7, 11) is 4.89. The van der Waals surface area contributed by atoms with Crippen LogP contribution in [0.5, 0.6) is 23.0 Å². The second kappa shape index (κ2) is 10.0. The number of carbonyl (C=O) groups is 2. The van der Waals surface area contributed by atoms with Crippen molar-refractivity contribution >= 4 is 28.7 Å². The Morgan fingerprint density at radius 1 is 1.16 bits per heavy atom. The van der Waals surface area contributed by atoms with Crippen LogP contribution < -0.4 is 9.47 Å².